The lowest BCUT2D eigenvalue weighted by atomic mass is 9.86. The SMILES string of the molecule is CC(CNC(=O)c1ccccc1Br)(CC(=O)O)C(=O)O. The van der Waals surface area contributed by atoms with Crippen LogP contribution in [0.4, 0.5) is 0 Å². The molecule has 1 aromatic carbocycles. The Labute approximate surface area is 123 Å². The van der Waals surface area contributed by atoms with Crippen molar-refractivity contribution in [3.63, 3.8) is 0 Å². The van der Waals surface area contributed by atoms with Crippen molar-refractivity contribution >= 4 is 33.8 Å². The average molecular weight is 344 g/mol. The zero-order valence-corrected chi connectivity index (χ0v) is 12.3. The molecule has 0 aliphatic carbocycles. The van der Waals surface area contributed by atoms with Crippen LogP contribution in [0.2, 0.25) is 0 Å². The smallest absolute Gasteiger partial charge is 0.311 e. The summed E-state index contributed by atoms with van der Waals surface area (Å²) >= 11 is 3.22. The van der Waals surface area contributed by atoms with E-state index in [0.29, 0.717) is 10.0 Å². The van der Waals surface area contributed by atoms with E-state index in [1.807, 2.05) is 0 Å². The molecule has 0 fully saturated rings. The van der Waals surface area contributed by atoms with E-state index in [9.17, 15) is 14.4 Å². The van der Waals surface area contributed by atoms with Crippen molar-refractivity contribution in [1.29, 1.82) is 0 Å². The Morgan fingerprint density at radius 3 is 2.35 bits per heavy atom. The van der Waals surface area contributed by atoms with E-state index in [4.69, 9.17) is 10.2 Å². The highest BCUT2D eigenvalue weighted by Gasteiger charge is 2.36. The quantitative estimate of drug-likeness (QED) is 0.729. The summed E-state index contributed by atoms with van der Waals surface area (Å²) in [7, 11) is 0. The number of benzene rings is 1. The predicted molar refractivity (Wildman–Crippen MR) is 74.5 cm³/mol. The fourth-order valence-electron chi connectivity index (χ4n) is 1.56. The number of carbonyl (C=O) groups is 3. The molecule has 108 valence electrons. The maximum atomic E-state index is 11.9. The summed E-state index contributed by atoms with van der Waals surface area (Å²) < 4.78 is 0.577. The van der Waals surface area contributed by atoms with Gasteiger partial charge in [0.2, 0.25) is 0 Å². The largest absolute Gasteiger partial charge is 0.481 e. The van der Waals surface area contributed by atoms with E-state index in [1.54, 1.807) is 24.3 Å². The molecule has 1 unspecified atom stereocenters. The molecule has 7 heteroatoms. The molecule has 0 radical (unpaired) electrons. The van der Waals surface area contributed by atoms with Crippen molar-refractivity contribution in [1.82, 2.24) is 5.32 Å². The molecule has 0 aromatic heterocycles. The van der Waals surface area contributed by atoms with Crippen molar-refractivity contribution in [3.8, 4) is 0 Å². The maximum Gasteiger partial charge on any atom is 0.311 e. The van der Waals surface area contributed by atoms with Gasteiger partial charge in [0.05, 0.1) is 17.4 Å². The predicted octanol–water partition coefficient (Wildman–Crippen LogP) is 1.74. The van der Waals surface area contributed by atoms with Gasteiger partial charge in [0.1, 0.15) is 0 Å². The van der Waals surface area contributed by atoms with E-state index in [1.165, 1.54) is 6.92 Å². The minimum atomic E-state index is -1.55. The summed E-state index contributed by atoms with van der Waals surface area (Å²) in [6, 6.07) is 6.68. The lowest BCUT2D eigenvalue weighted by molar-refractivity contribution is -0.154. The van der Waals surface area contributed by atoms with Crippen LogP contribution in [0.25, 0.3) is 0 Å². The summed E-state index contributed by atoms with van der Waals surface area (Å²) in [4.78, 5) is 33.8. The molecule has 3 N–H and O–H groups in total. The van der Waals surface area contributed by atoms with E-state index in [-0.39, 0.29) is 6.54 Å². The fourth-order valence-corrected chi connectivity index (χ4v) is 2.03. The highest BCUT2D eigenvalue weighted by atomic mass is 79.9. The van der Waals surface area contributed by atoms with Crippen LogP contribution in [0, 0.1) is 5.41 Å². The van der Waals surface area contributed by atoms with Crippen molar-refractivity contribution in [2.45, 2.75) is 13.3 Å². The van der Waals surface area contributed by atoms with Gasteiger partial charge < -0.3 is 15.5 Å². The molecule has 20 heavy (non-hydrogen) atoms. The third-order valence-corrected chi connectivity index (χ3v) is 3.51. The van der Waals surface area contributed by atoms with Crippen LogP contribution in [0.5, 0.6) is 0 Å². The van der Waals surface area contributed by atoms with Gasteiger partial charge >= 0.3 is 11.9 Å². The van der Waals surface area contributed by atoms with Crippen molar-refractivity contribution < 1.29 is 24.6 Å². The molecule has 0 bridgehead atoms. The topological polar surface area (TPSA) is 104 Å². The molecular weight excluding hydrogens is 330 g/mol. The molecule has 0 aliphatic heterocycles. The molecule has 0 spiro atoms. The van der Waals surface area contributed by atoms with Gasteiger partial charge in [-0.25, -0.2) is 0 Å². The number of rotatable bonds is 6. The molecule has 0 aliphatic rings. The Balaban J connectivity index is 2.78. The molecule has 0 saturated heterocycles. The molecule has 1 rings (SSSR count). The Kier molecular flexibility index (Phi) is 5.26. The zero-order valence-electron chi connectivity index (χ0n) is 10.7. The maximum absolute atomic E-state index is 11.9. The van der Waals surface area contributed by atoms with E-state index < -0.39 is 29.7 Å². The van der Waals surface area contributed by atoms with Gasteiger partial charge in [-0.2, -0.15) is 0 Å². The van der Waals surface area contributed by atoms with Crippen LogP contribution in [-0.2, 0) is 9.59 Å². The minimum absolute atomic E-state index is 0.269. The number of aliphatic carboxylic acids is 2. The molecule has 1 amide bonds. The number of carbonyl (C=O) groups excluding carboxylic acids is 1. The van der Waals surface area contributed by atoms with Gasteiger partial charge in [-0.15, -0.1) is 0 Å². The standard InChI is InChI=1S/C13H14BrNO5/c1-13(12(19)20,6-10(16)17)7-15-11(18)8-4-2-3-5-9(8)14/h2-5H,6-7H2,1H3,(H,15,18)(H,16,17)(H,19,20). The number of carboxylic acid groups (broad SMARTS) is 2. The van der Waals surface area contributed by atoms with Crippen molar-refractivity contribution in [2.24, 2.45) is 5.41 Å². The zero-order chi connectivity index (χ0) is 15.3. The van der Waals surface area contributed by atoms with Gasteiger partial charge in [0, 0.05) is 11.0 Å². The van der Waals surface area contributed by atoms with Gasteiger partial charge in [-0.1, -0.05) is 12.1 Å². The van der Waals surface area contributed by atoms with Gasteiger partial charge in [0.25, 0.3) is 5.91 Å². The Morgan fingerprint density at radius 2 is 1.85 bits per heavy atom. The second-order valence-corrected chi connectivity index (χ2v) is 5.45. The van der Waals surface area contributed by atoms with Gasteiger partial charge in [-0.05, 0) is 35.0 Å². The van der Waals surface area contributed by atoms with Crippen molar-refractivity contribution in [3.05, 3.63) is 34.3 Å². The number of hydrogen-bond donors (Lipinski definition) is 3. The Bertz CT molecular complexity index is 545. The summed E-state index contributed by atoms with van der Waals surface area (Å²) in [5, 5.41) is 20.3. The molecule has 1 aromatic rings. The van der Waals surface area contributed by atoms with Crippen LogP contribution in [0.3, 0.4) is 0 Å². The number of carboxylic acids is 2. The highest BCUT2D eigenvalue weighted by molar-refractivity contribution is 9.10. The van der Waals surface area contributed by atoms with Crippen LogP contribution >= 0.6 is 15.9 Å². The third-order valence-electron chi connectivity index (χ3n) is 2.82. The molecular formula is C13H14BrNO5. The Hall–Kier alpha value is -1.89. The highest BCUT2D eigenvalue weighted by Crippen LogP contribution is 2.21. The summed E-state index contributed by atoms with van der Waals surface area (Å²) in [5.74, 6) is -2.97. The Morgan fingerprint density at radius 1 is 1.25 bits per heavy atom. The molecule has 0 saturated carbocycles. The fraction of sp³-hybridized carbons (Fsp3) is 0.308. The monoisotopic (exact) mass is 343 g/mol. The molecule has 1 atom stereocenters. The number of hydrogen-bond acceptors (Lipinski definition) is 3. The molecule has 6 nitrogen and oxygen atoms in total. The van der Waals surface area contributed by atoms with Crippen LogP contribution < -0.4 is 5.32 Å². The molecule has 0 heterocycles. The van der Waals surface area contributed by atoms with Gasteiger partial charge in [-0.3, -0.25) is 14.4 Å². The second-order valence-electron chi connectivity index (χ2n) is 4.60. The van der Waals surface area contributed by atoms with Gasteiger partial charge in [0.15, 0.2) is 0 Å². The first kappa shape index (κ1) is 16.2. The third kappa shape index (κ3) is 4.06. The summed E-state index contributed by atoms with van der Waals surface area (Å²) in [6.45, 7) is 1.01. The number of nitrogens with one attached hydrogen (secondary N) is 1. The van der Waals surface area contributed by atoms with E-state index in [2.05, 4.69) is 21.2 Å². The van der Waals surface area contributed by atoms with E-state index in [0.717, 1.165) is 0 Å². The van der Waals surface area contributed by atoms with Crippen LogP contribution in [0.15, 0.2) is 28.7 Å². The second kappa shape index (κ2) is 6.51. The minimum Gasteiger partial charge on any atom is -0.481 e. The van der Waals surface area contributed by atoms with E-state index >= 15 is 0 Å². The summed E-state index contributed by atoms with van der Waals surface area (Å²) in [6.07, 6.45) is -0.571. The normalized spacial score (nSPS) is 13.3. The first-order valence-corrected chi connectivity index (χ1v) is 6.53. The number of amides is 1. The average Bonchev–Trinajstić information content (AvgIpc) is 2.35. The lowest BCUT2D eigenvalue weighted by Crippen LogP contribution is -2.42. The van der Waals surface area contributed by atoms with Crippen LogP contribution in [-0.4, -0.2) is 34.6 Å². The van der Waals surface area contributed by atoms with Crippen molar-refractivity contribution in [2.75, 3.05) is 6.54 Å². The summed E-state index contributed by atoms with van der Waals surface area (Å²) in [5.41, 5.74) is -1.20. The van der Waals surface area contributed by atoms with Crippen LogP contribution in [0.1, 0.15) is 23.7 Å². The first-order valence-electron chi connectivity index (χ1n) is 5.74. The lowest BCUT2D eigenvalue weighted by Gasteiger charge is -2.23. The number of halogens is 1. The first-order chi connectivity index (χ1) is 9.26.